The molecule has 3 rings (SSSR count). The average Bonchev–Trinajstić information content (AvgIpc) is 3.09. The number of carbonyl (C=O) groups excluding carboxylic acids is 1. The van der Waals surface area contributed by atoms with Crippen LogP contribution in [0.15, 0.2) is 0 Å². The fourth-order valence-electron chi connectivity index (χ4n) is 4.11. The Morgan fingerprint density at radius 2 is 1.75 bits per heavy atom. The Labute approximate surface area is 121 Å². The van der Waals surface area contributed by atoms with Crippen molar-refractivity contribution in [1.29, 1.82) is 0 Å². The highest BCUT2D eigenvalue weighted by Crippen LogP contribution is 2.34. The molecule has 1 N–H and O–H groups in total. The van der Waals surface area contributed by atoms with Crippen LogP contribution in [0.5, 0.6) is 0 Å². The van der Waals surface area contributed by atoms with Crippen molar-refractivity contribution in [3.63, 3.8) is 0 Å². The SMILES string of the molecule is COC1CN(C(=O)C2CC3CCCCC3N2)CC1OC. The van der Waals surface area contributed by atoms with Crippen molar-refractivity contribution >= 4 is 5.91 Å². The van der Waals surface area contributed by atoms with Gasteiger partial charge in [0.2, 0.25) is 5.91 Å². The lowest BCUT2D eigenvalue weighted by molar-refractivity contribution is -0.132. The monoisotopic (exact) mass is 282 g/mol. The van der Waals surface area contributed by atoms with Gasteiger partial charge in [0.1, 0.15) is 12.2 Å². The first kappa shape index (κ1) is 14.3. The highest BCUT2D eigenvalue weighted by molar-refractivity contribution is 5.82. The van der Waals surface area contributed by atoms with Gasteiger partial charge < -0.3 is 19.7 Å². The van der Waals surface area contributed by atoms with Gasteiger partial charge in [-0.3, -0.25) is 4.79 Å². The van der Waals surface area contributed by atoms with Gasteiger partial charge in [-0.15, -0.1) is 0 Å². The van der Waals surface area contributed by atoms with Gasteiger partial charge in [-0.05, 0) is 25.2 Å². The summed E-state index contributed by atoms with van der Waals surface area (Å²) in [5.74, 6) is 0.942. The first-order valence-electron chi connectivity index (χ1n) is 7.83. The molecule has 5 unspecified atom stereocenters. The quantitative estimate of drug-likeness (QED) is 0.831. The predicted molar refractivity (Wildman–Crippen MR) is 75.5 cm³/mol. The lowest BCUT2D eigenvalue weighted by Crippen LogP contribution is -2.45. The number of hydrogen-bond acceptors (Lipinski definition) is 4. The Kier molecular flexibility index (Phi) is 4.29. The van der Waals surface area contributed by atoms with Crippen LogP contribution < -0.4 is 5.32 Å². The zero-order valence-corrected chi connectivity index (χ0v) is 12.5. The van der Waals surface area contributed by atoms with Crippen LogP contribution in [-0.2, 0) is 14.3 Å². The number of methoxy groups -OCH3 is 2. The number of rotatable bonds is 3. The van der Waals surface area contributed by atoms with E-state index >= 15 is 0 Å². The van der Waals surface area contributed by atoms with Crippen LogP contribution in [0.2, 0.25) is 0 Å². The molecule has 5 nitrogen and oxygen atoms in total. The molecule has 0 aromatic heterocycles. The highest BCUT2D eigenvalue weighted by Gasteiger charge is 2.43. The second kappa shape index (κ2) is 6.00. The molecule has 0 spiro atoms. The van der Waals surface area contributed by atoms with E-state index in [0.717, 1.165) is 6.42 Å². The Balaban J connectivity index is 1.59. The lowest BCUT2D eigenvalue weighted by atomic mass is 9.85. The third kappa shape index (κ3) is 2.59. The molecule has 20 heavy (non-hydrogen) atoms. The van der Waals surface area contributed by atoms with Gasteiger partial charge >= 0.3 is 0 Å². The zero-order chi connectivity index (χ0) is 14.1. The molecule has 114 valence electrons. The van der Waals surface area contributed by atoms with Crippen LogP contribution in [0.4, 0.5) is 0 Å². The number of fused-ring (bicyclic) bond motifs is 1. The zero-order valence-electron chi connectivity index (χ0n) is 12.5. The van der Waals surface area contributed by atoms with E-state index in [1.165, 1.54) is 25.7 Å². The number of amides is 1. The van der Waals surface area contributed by atoms with Gasteiger partial charge in [0.05, 0.1) is 6.04 Å². The first-order valence-corrected chi connectivity index (χ1v) is 7.83. The third-order valence-electron chi connectivity index (χ3n) is 5.29. The number of ether oxygens (including phenoxy) is 2. The topological polar surface area (TPSA) is 50.8 Å². The van der Waals surface area contributed by atoms with Gasteiger partial charge in [0.25, 0.3) is 0 Å². The molecule has 0 bridgehead atoms. The van der Waals surface area contributed by atoms with Crippen molar-refractivity contribution in [1.82, 2.24) is 10.2 Å². The molecule has 1 aliphatic carbocycles. The minimum absolute atomic E-state index is 0.00707. The molecule has 3 fully saturated rings. The van der Waals surface area contributed by atoms with Crippen LogP contribution >= 0.6 is 0 Å². The summed E-state index contributed by atoms with van der Waals surface area (Å²) in [6, 6.07) is 0.577. The number of nitrogens with zero attached hydrogens (tertiary/aromatic N) is 1. The van der Waals surface area contributed by atoms with Crippen LogP contribution in [0, 0.1) is 5.92 Å². The molecule has 2 saturated heterocycles. The maximum Gasteiger partial charge on any atom is 0.239 e. The maximum atomic E-state index is 12.7. The summed E-state index contributed by atoms with van der Waals surface area (Å²) < 4.78 is 10.8. The second-order valence-electron chi connectivity index (χ2n) is 6.40. The smallest absolute Gasteiger partial charge is 0.239 e. The van der Waals surface area contributed by atoms with E-state index in [-0.39, 0.29) is 24.2 Å². The lowest BCUT2D eigenvalue weighted by Gasteiger charge is -2.24. The van der Waals surface area contributed by atoms with Gasteiger partial charge in [0.15, 0.2) is 0 Å². The number of likely N-dealkylation sites (tertiary alicyclic amines) is 1. The summed E-state index contributed by atoms with van der Waals surface area (Å²) in [6.45, 7) is 1.31. The van der Waals surface area contributed by atoms with Crippen molar-refractivity contribution in [3.05, 3.63) is 0 Å². The van der Waals surface area contributed by atoms with Crippen LogP contribution in [0.3, 0.4) is 0 Å². The Hall–Kier alpha value is -0.650. The predicted octanol–water partition coefficient (Wildman–Crippen LogP) is 0.779. The van der Waals surface area contributed by atoms with E-state index in [4.69, 9.17) is 9.47 Å². The van der Waals surface area contributed by atoms with E-state index in [1.54, 1.807) is 14.2 Å². The molecular formula is C15H26N2O3. The van der Waals surface area contributed by atoms with E-state index in [1.807, 2.05) is 4.90 Å². The van der Waals surface area contributed by atoms with Crippen molar-refractivity contribution < 1.29 is 14.3 Å². The van der Waals surface area contributed by atoms with E-state index < -0.39 is 0 Å². The third-order valence-corrected chi connectivity index (χ3v) is 5.29. The summed E-state index contributed by atoms with van der Waals surface area (Å²) in [4.78, 5) is 14.6. The molecule has 3 aliphatic rings. The molecule has 0 aromatic carbocycles. The minimum Gasteiger partial charge on any atom is -0.377 e. The van der Waals surface area contributed by atoms with Crippen LogP contribution in [0.25, 0.3) is 0 Å². The Morgan fingerprint density at radius 3 is 2.35 bits per heavy atom. The molecule has 0 radical (unpaired) electrons. The minimum atomic E-state index is 0.00707. The van der Waals surface area contributed by atoms with Crippen molar-refractivity contribution in [2.45, 2.75) is 56.4 Å². The molecule has 2 aliphatic heterocycles. The average molecular weight is 282 g/mol. The number of carbonyl (C=O) groups is 1. The molecule has 5 heteroatoms. The first-order chi connectivity index (χ1) is 9.72. The van der Waals surface area contributed by atoms with E-state index in [2.05, 4.69) is 5.32 Å². The molecule has 2 heterocycles. The highest BCUT2D eigenvalue weighted by atomic mass is 16.5. The van der Waals surface area contributed by atoms with E-state index in [9.17, 15) is 4.79 Å². The number of nitrogens with one attached hydrogen (secondary N) is 1. The number of hydrogen-bond donors (Lipinski definition) is 1. The fourth-order valence-corrected chi connectivity index (χ4v) is 4.11. The largest absolute Gasteiger partial charge is 0.377 e. The normalized spacial score (nSPS) is 40.9. The second-order valence-corrected chi connectivity index (χ2v) is 6.40. The van der Waals surface area contributed by atoms with Crippen molar-refractivity contribution in [3.8, 4) is 0 Å². The molecule has 1 saturated carbocycles. The van der Waals surface area contributed by atoms with E-state index in [0.29, 0.717) is 25.0 Å². The summed E-state index contributed by atoms with van der Waals surface area (Å²) in [7, 11) is 3.38. The molecular weight excluding hydrogens is 256 g/mol. The maximum absolute atomic E-state index is 12.7. The summed E-state index contributed by atoms with van der Waals surface area (Å²) >= 11 is 0. The molecule has 1 amide bonds. The Morgan fingerprint density at radius 1 is 1.10 bits per heavy atom. The van der Waals surface area contributed by atoms with Gasteiger partial charge in [-0.1, -0.05) is 12.8 Å². The van der Waals surface area contributed by atoms with Gasteiger partial charge in [0, 0.05) is 33.4 Å². The summed E-state index contributed by atoms with van der Waals surface area (Å²) in [5.41, 5.74) is 0. The van der Waals surface area contributed by atoms with Gasteiger partial charge in [-0.25, -0.2) is 0 Å². The Bertz CT molecular complexity index is 319. The van der Waals surface area contributed by atoms with Crippen molar-refractivity contribution in [2.75, 3.05) is 27.3 Å². The van der Waals surface area contributed by atoms with Crippen molar-refractivity contribution in [2.24, 2.45) is 5.92 Å². The summed E-state index contributed by atoms with van der Waals surface area (Å²) in [5, 5.41) is 3.56. The van der Waals surface area contributed by atoms with Crippen LogP contribution in [-0.4, -0.2) is 62.4 Å². The summed E-state index contributed by atoms with van der Waals surface area (Å²) in [6.07, 6.45) is 6.16. The standard InChI is InChI=1S/C15H26N2O3/c1-19-13-8-17(9-14(13)20-2)15(18)12-7-10-5-3-4-6-11(10)16-12/h10-14,16H,3-9H2,1-2H3. The van der Waals surface area contributed by atoms with Crippen LogP contribution in [0.1, 0.15) is 32.1 Å². The van der Waals surface area contributed by atoms with Gasteiger partial charge in [-0.2, -0.15) is 0 Å². The molecule has 5 atom stereocenters. The molecule has 0 aromatic rings. The fraction of sp³-hybridized carbons (Fsp3) is 0.933.